The lowest BCUT2D eigenvalue weighted by Crippen LogP contribution is -2.46. The predicted molar refractivity (Wildman–Crippen MR) is 103 cm³/mol. The van der Waals surface area contributed by atoms with Gasteiger partial charge in [-0.2, -0.15) is 0 Å². The van der Waals surface area contributed by atoms with Gasteiger partial charge in [0.1, 0.15) is 5.65 Å². The maximum absolute atomic E-state index is 12.9. The molecule has 0 radical (unpaired) electrons. The molecule has 132 valence electrons. The Bertz CT molecular complexity index is 830. The first-order chi connectivity index (χ1) is 12.1. The van der Waals surface area contributed by atoms with Gasteiger partial charge in [-0.05, 0) is 31.4 Å². The predicted octanol–water partition coefficient (Wildman–Crippen LogP) is 2.22. The minimum Gasteiger partial charge on any atom is -0.346 e. The summed E-state index contributed by atoms with van der Waals surface area (Å²) < 4.78 is 0. The van der Waals surface area contributed by atoms with Crippen molar-refractivity contribution < 1.29 is 4.79 Å². The van der Waals surface area contributed by atoms with E-state index in [0.29, 0.717) is 6.54 Å². The number of aromatic amines is 1. The number of carbonyl (C=O) groups is 1. The van der Waals surface area contributed by atoms with Crippen molar-refractivity contribution >= 4 is 34.4 Å². The lowest BCUT2D eigenvalue weighted by atomic mass is 10.1. The van der Waals surface area contributed by atoms with E-state index in [1.165, 1.54) is 5.56 Å². The number of hydrogen-bond acceptors (Lipinski definition) is 5. The van der Waals surface area contributed by atoms with Gasteiger partial charge in [-0.25, -0.2) is 4.98 Å². The molecule has 0 unspecified atom stereocenters. The molecule has 3 N–H and O–H groups in total. The minimum atomic E-state index is 0.102. The molecule has 0 aromatic carbocycles. The quantitative estimate of drug-likeness (QED) is 0.862. The third-order valence-electron chi connectivity index (χ3n) is 4.88. The van der Waals surface area contributed by atoms with Crippen molar-refractivity contribution in [3.05, 3.63) is 35.1 Å². The number of likely N-dealkylation sites (tertiary alicyclic amines) is 1. The van der Waals surface area contributed by atoms with Crippen LogP contribution in [0.4, 0.5) is 5.69 Å². The number of rotatable bonds is 2. The third kappa shape index (κ3) is 3.14. The number of H-pyrrole nitrogens is 1. The molecular formula is C18H23N5OS. The molecule has 25 heavy (non-hydrogen) atoms. The highest BCUT2D eigenvalue weighted by molar-refractivity contribution is 8.04. The van der Waals surface area contributed by atoms with Gasteiger partial charge in [0.05, 0.1) is 10.6 Å². The highest BCUT2D eigenvalue weighted by atomic mass is 32.2. The Morgan fingerprint density at radius 2 is 2.32 bits per heavy atom. The maximum Gasteiger partial charge on any atom is 0.261 e. The fourth-order valence-electron chi connectivity index (χ4n) is 3.59. The summed E-state index contributed by atoms with van der Waals surface area (Å²) in [5.41, 5.74) is 9.19. The molecule has 0 aliphatic carbocycles. The molecule has 0 spiro atoms. The smallest absolute Gasteiger partial charge is 0.261 e. The van der Waals surface area contributed by atoms with Crippen LogP contribution in [0.15, 0.2) is 29.6 Å². The van der Waals surface area contributed by atoms with Crippen molar-refractivity contribution in [2.24, 2.45) is 5.73 Å². The van der Waals surface area contributed by atoms with Crippen LogP contribution >= 0.6 is 11.8 Å². The Labute approximate surface area is 151 Å². The number of thioether (sulfide) groups is 1. The van der Waals surface area contributed by atoms with Crippen LogP contribution in [0, 0.1) is 6.92 Å². The molecular weight excluding hydrogens is 334 g/mol. The summed E-state index contributed by atoms with van der Waals surface area (Å²) in [6, 6.07) is 2.12. The van der Waals surface area contributed by atoms with Crippen molar-refractivity contribution in [1.82, 2.24) is 14.9 Å². The fraction of sp³-hybridized carbons (Fsp3) is 0.444. The number of piperidine rings is 1. The average molecular weight is 357 g/mol. The second-order valence-electron chi connectivity index (χ2n) is 6.71. The van der Waals surface area contributed by atoms with Gasteiger partial charge in [-0.1, -0.05) is 0 Å². The van der Waals surface area contributed by atoms with Crippen molar-refractivity contribution in [3.63, 3.8) is 0 Å². The van der Waals surface area contributed by atoms with Gasteiger partial charge in [-0.3, -0.25) is 4.79 Å². The SMILES string of the molecule is Cc1c[nH]c2nccc(N3C=C(C(=O)N4CCC[C@H](N)C4)SCC3)c12. The first kappa shape index (κ1) is 16.5. The van der Waals surface area contributed by atoms with Crippen molar-refractivity contribution in [2.75, 3.05) is 30.3 Å². The first-order valence-corrected chi connectivity index (χ1v) is 9.71. The molecule has 2 aromatic rings. The summed E-state index contributed by atoms with van der Waals surface area (Å²) >= 11 is 1.64. The molecule has 4 heterocycles. The van der Waals surface area contributed by atoms with Gasteiger partial charge in [0.15, 0.2) is 0 Å². The van der Waals surface area contributed by atoms with E-state index in [0.717, 1.165) is 53.3 Å². The first-order valence-electron chi connectivity index (χ1n) is 8.72. The van der Waals surface area contributed by atoms with Gasteiger partial charge in [-0.15, -0.1) is 11.8 Å². The molecule has 1 amide bonds. The molecule has 6 nitrogen and oxygen atoms in total. The Morgan fingerprint density at radius 3 is 3.16 bits per heavy atom. The number of nitrogens with one attached hydrogen (secondary N) is 1. The molecule has 0 bridgehead atoms. The van der Waals surface area contributed by atoms with Crippen molar-refractivity contribution in [2.45, 2.75) is 25.8 Å². The highest BCUT2D eigenvalue weighted by Crippen LogP contribution is 2.33. The van der Waals surface area contributed by atoms with Gasteiger partial charge >= 0.3 is 0 Å². The largest absolute Gasteiger partial charge is 0.346 e. The number of aryl methyl sites for hydroxylation is 1. The summed E-state index contributed by atoms with van der Waals surface area (Å²) in [6.45, 7) is 4.42. The Hall–Kier alpha value is -1.99. The maximum atomic E-state index is 12.9. The number of fused-ring (bicyclic) bond motifs is 1. The zero-order valence-electron chi connectivity index (χ0n) is 14.4. The van der Waals surface area contributed by atoms with Gasteiger partial charge in [0, 0.05) is 55.4 Å². The fourth-order valence-corrected chi connectivity index (χ4v) is 4.55. The number of pyridine rings is 1. The van der Waals surface area contributed by atoms with Crippen LogP contribution in [-0.2, 0) is 4.79 Å². The summed E-state index contributed by atoms with van der Waals surface area (Å²) in [7, 11) is 0. The van der Waals surface area contributed by atoms with Crippen LogP contribution in [0.2, 0.25) is 0 Å². The van der Waals surface area contributed by atoms with Gasteiger partial charge in [0.25, 0.3) is 5.91 Å². The summed E-state index contributed by atoms with van der Waals surface area (Å²) in [6.07, 6.45) is 7.78. The van der Waals surface area contributed by atoms with E-state index < -0.39 is 0 Å². The van der Waals surface area contributed by atoms with E-state index in [1.54, 1.807) is 11.8 Å². The molecule has 2 aliphatic heterocycles. The monoisotopic (exact) mass is 357 g/mol. The van der Waals surface area contributed by atoms with E-state index in [1.807, 2.05) is 29.6 Å². The van der Waals surface area contributed by atoms with Crippen LogP contribution < -0.4 is 10.6 Å². The summed E-state index contributed by atoms with van der Waals surface area (Å²) in [5.74, 6) is 1.01. The second kappa shape index (κ2) is 6.72. The zero-order chi connectivity index (χ0) is 17.4. The second-order valence-corrected chi connectivity index (χ2v) is 7.85. The van der Waals surface area contributed by atoms with E-state index in [-0.39, 0.29) is 11.9 Å². The van der Waals surface area contributed by atoms with Gasteiger partial charge in [0.2, 0.25) is 0 Å². The molecule has 2 aliphatic rings. The Balaban J connectivity index is 1.64. The lowest BCUT2D eigenvalue weighted by molar-refractivity contribution is -0.127. The van der Waals surface area contributed by atoms with Crippen molar-refractivity contribution in [3.8, 4) is 0 Å². The standard InChI is InChI=1S/C18H23N5OS/c1-12-9-21-17-16(12)14(4-5-20-17)22-7-8-25-15(11-22)18(24)23-6-2-3-13(19)10-23/h4-5,9,11,13H,2-3,6-8,10,19H2,1H3,(H,20,21)/t13-/m0/s1. The van der Waals surface area contributed by atoms with E-state index >= 15 is 0 Å². The molecule has 2 aromatic heterocycles. The summed E-state index contributed by atoms with van der Waals surface area (Å²) in [5, 5.41) is 1.12. The summed E-state index contributed by atoms with van der Waals surface area (Å²) in [4.78, 5) is 25.4. The van der Waals surface area contributed by atoms with Crippen LogP contribution in [0.5, 0.6) is 0 Å². The molecule has 4 rings (SSSR count). The van der Waals surface area contributed by atoms with Crippen molar-refractivity contribution in [1.29, 1.82) is 0 Å². The minimum absolute atomic E-state index is 0.102. The topological polar surface area (TPSA) is 78.2 Å². The Kier molecular flexibility index (Phi) is 4.43. The number of anilines is 1. The highest BCUT2D eigenvalue weighted by Gasteiger charge is 2.27. The number of hydrogen-bond donors (Lipinski definition) is 2. The van der Waals surface area contributed by atoms with E-state index in [4.69, 9.17) is 5.73 Å². The number of amides is 1. The molecule has 0 saturated carbocycles. The number of aromatic nitrogens is 2. The number of carbonyl (C=O) groups excluding carboxylic acids is 1. The normalized spacial score (nSPS) is 21.5. The van der Waals surface area contributed by atoms with E-state index in [2.05, 4.69) is 21.8 Å². The molecule has 1 atom stereocenters. The zero-order valence-corrected chi connectivity index (χ0v) is 15.2. The molecule has 1 saturated heterocycles. The van der Waals surface area contributed by atoms with Crippen LogP contribution in [-0.4, -0.2) is 52.2 Å². The third-order valence-corrected chi connectivity index (χ3v) is 5.85. The molecule has 1 fully saturated rings. The average Bonchev–Trinajstić information content (AvgIpc) is 3.02. The van der Waals surface area contributed by atoms with Crippen LogP contribution in [0.3, 0.4) is 0 Å². The number of nitrogens with two attached hydrogens (primary N) is 1. The van der Waals surface area contributed by atoms with Crippen LogP contribution in [0.1, 0.15) is 18.4 Å². The lowest BCUT2D eigenvalue weighted by Gasteiger charge is -2.33. The number of nitrogens with zero attached hydrogens (tertiary/aromatic N) is 3. The Morgan fingerprint density at radius 1 is 1.44 bits per heavy atom. The van der Waals surface area contributed by atoms with Gasteiger partial charge < -0.3 is 20.5 Å². The molecule has 7 heteroatoms. The van der Waals surface area contributed by atoms with E-state index in [9.17, 15) is 4.79 Å². The van der Waals surface area contributed by atoms with Crippen LogP contribution in [0.25, 0.3) is 11.0 Å².